The largest absolute Gasteiger partial charge is 0.370 e. The van der Waals surface area contributed by atoms with E-state index < -0.39 is 0 Å². The van der Waals surface area contributed by atoms with Gasteiger partial charge in [-0.1, -0.05) is 30.3 Å². The molecule has 7 heteroatoms. The number of pyridine rings is 1. The van der Waals surface area contributed by atoms with Crippen LogP contribution in [0.25, 0.3) is 21.7 Å². The molecular formula is C25H23FN6. The molecule has 3 aromatic heterocycles. The zero-order valence-electron chi connectivity index (χ0n) is 17.9. The van der Waals surface area contributed by atoms with Gasteiger partial charge < -0.3 is 15.6 Å². The van der Waals surface area contributed by atoms with Crippen LogP contribution in [0.15, 0.2) is 61.1 Å². The quantitative estimate of drug-likeness (QED) is 0.326. The Balaban J connectivity index is 1.32. The van der Waals surface area contributed by atoms with E-state index in [1.807, 2.05) is 50.2 Å². The van der Waals surface area contributed by atoms with Crippen LogP contribution in [0.5, 0.6) is 0 Å². The topological polar surface area (TPSA) is 78.5 Å². The minimum Gasteiger partial charge on any atom is -0.370 e. The number of anilines is 3. The highest BCUT2D eigenvalue weighted by molar-refractivity contribution is 5.93. The van der Waals surface area contributed by atoms with Gasteiger partial charge in [-0.3, -0.25) is 0 Å². The molecule has 3 N–H and O–H groups in total. The third-order valence-electron chi connectivity index (χ3n) is 5.70. The normalized spacial score (nSPS) is 11.2. The number of hydrogen-bond acceptors (Lipinski definition) is 5. The van der Waals surface area contributed by atoms with Gasteiger partial charge in [0.15, 0.2) is 0 Å². The van der Waals surface area contributed by atoms with Gasteiger partial charge in [-0.05, 0) is 48.9 Å². The van der Waals surface area contributed by atoms with Crippen LogP contribution >= 0.6 is 0 Å². The van der Waals surface area contributed by atoms with Crippen molar-refractivity contribution in [3.05, 3.63) is 83.7 Å². The lowest BCUT2D eigenvalue weighted by Crippen LogP contribution is -2.08. The number of aromatic amines is 1. The first kappa shape index (κ1) is 19.9. The SMILES string of the molecule is Cc1[nH]c2c(F)ccc(C)c2c1CCNc1cc(Nc2nccc3ccccc23)ncn1. The molecule has 0 radical (unpaired) electrons. The number of hydrogen-bond donors (Lipinski definition) is 3. The first-order valence-electron chi connectivity index (χ1n) is 10.5. The zero-order valence-corrected chi connectivity index (χ0v) is 17.9. The maximum atomic E-state index is 14.2. The Bertz CT molecular complexity index is 1420. The second kappa shape index (κ2) is 8.26. The van der Waals surface area contributed by atoms with Gasteiger partial charge in [0.05, 0.1) is 5.52 Å². The van der Waals surface area contributed by atoms with Gasteiger partial charge in [-0.25, -0.2) is 19.3 Å². The molecule has 0 atom stereocenters. The summed E-state index contributed by atoms with van der Waals surface area (Å²) >= 11 is 0. The first-order valence-corrected chi connectivity index (χ1v) is 10.5. The number of aromatic nitrogens is 4. The lowest BCUT2D eigenvalue weighted by Gasteiger charge is -2.10. The molecule has 0 saturated carbocycles. The Morgan fingerprint density at radius 3 is 2.72 bits per heavy atom. The van der Waals surface area contributed by atoms with Crippen molar-refractivity contribution >= 4 is 39.1 Å². The minimum atomic E-state index is -0.221. The standard InChI is InChI=1S/C25H23FN6/c1-15-7-8-20(26)24-23(15)18(16(2)31-24)10-12-27-21-13-22(30-14-29-21)32-25-19-6-4-3-5-17(19)9-11-28-25/h3-9,11,13-14,31H,10,12H2,1-2H3,(H2,27,28,29,30,32). The van der Waals surface area contributed by atoms with Crippen LogP contribution in [0.2, 0.25) is 0 Å². The van der Waals surface area contributed by atoms with Gasteiger partial charge in [-0.2, -0.15) is 0 Å². The van der Waals surface area contributed by atoms with E-state index in [4.69, 9.17) is 0 Å². The van der Waals surface area contributed by atoms with Crippen molar-refractivity contribution in [3.63, 3.8) is 0 Å². The molecular weight excluding hydrogens is 403 g/mol. The fourth-order valence-corrected chi connectivity index (χ4v) is 4.13. The number of fused-ring (bicyclic) bond motifs is 2. The maximum absolute atomic E-state index is 14.2. The summed E-state index contributed by atoms with van der Waals surface area (Å²) in [6.07, 6.45) is 4.04. The predicted octanol–water partition coefficient (Wildman–Crippen LogP) is 5.66. The summed E-state index contributed by atoms with van der Waals surface area (Å²) in [5.74, 6) is 1.90. The lowest BCUT2D eigenvalue weighted by molar-refractivity contribution is 0.637. The van der Waals surface area contributed by atoms with Crippen molar-refractivity contribution in [2.24, 2.45) is 0 Å². The first-order chi connectivity index (χ1) is 15.6. The molecule has 2 aromatic carbocycles. The van der Waals surface area contributed by atoms with E-state index in [0.717, 1.165) is 45.2 Å². The van der Waals surface area contributed by atoms with Crippen LogP contribution in [-0.2, 0) is 6.42 Å². The van der Waals surface area contributed by atoms with E-state index in [9.17, 15) is 4.39 Å². The molecule has 0 aliphatic heterocycles. The van der Waals surface area contributed by atoms with Crippen molar-refractivity contribution in [2.75, 3.05) is 17.2 Å². The predicted molar refractivity (Wildman–Crippen MR) is 127 cm³/mol. The molecule has 6 nitrogen and oxygen atoms in total. The van der Waals surface area contributed by atoms with E-state index in [-0.39, 0.29) is 5.82 Å². The average molecular weight is 426 g/mol. The van der Waals surface area contributed by atoms with Crippen LogP contribution in [0.1, 0.15) is 16.8 Å². The van der Waals surface area contributed by atoms with E-state index >= 15 is 0 Å². The Labute approximate surface area is 185 Å². The highest BCUT2D eigenvalue weighted by atomic mass is 19.1. The molecule has 0 aliphatic rings. The number of nitrogens with zero attached hydrogens (tertiary/aromatic N) is 3. The molecule has 0 aliphatic carbocycles. The van der Waals surface area contributed by atoms with Gasteiger partial charge in [-0.15, -0.1) is 0 Å². The number of halogens is 1. The van der Waals surface area contributed by atoms with Crippen molar-refractivity contribution in [3.8, 4) is 0 Å². The molecule has 0 unspecified atom stereocenters. The number of benzene rings is 2. The molecule has 0 bridgehead atoms. The minimum absolute atomic E-state index is 0.221. The summed E-state index contributed by atoms with van der Waals surface area (Å²) in [5.41, 5.74) is 3.75. The summed E-state index contributed by atoms with van der Waals surface area (Å²) in [6.45, 7) is 4.65. The van der Waals surface area contributed by atoms with E-state index in [0.29, 0.717) is 23.7 Å². The van der Waals surface area contributed by atoms with E-state index in [1.165, 1.54) is 12.4 Å². The molecule has 0 spiro atoms. The van der Waals surface area contributed by atoms with Gasteiger partial charge in [0, 0.05) is 35.3 Å². The number of nitrogens with one attached hydrogen (secondary N) is 3. The van der Waals surface area contributed by atoms with E-state index in [2.05, 4.69) is 36.6 Å². The van der Waals surface area contributed by atoms with Crippen molar-refractivity contribution in [1.29, 1.82) is 0 Å². The van der Waals surface area contributed by atoms with Crippen LogP contribution in [0.3, 0.4) is 0 Å². The number of rotatable bonds is 6. The average Bonchev–Trinajstić information content (AvgIpc) is 3.14. The fraction of sp³-hybridized carbons (Fsp3) is 0.160. The smallest absolute Gasteiger partial charge is 0.147 e. The second-order valence-electron chi connectivity index (χ2n) is 7.81. The summed E-state index contributed by atoms with van der Waals surface area (Å²) in [7, 11) is 0. The van der Waals surface area contributed by atoms with Gasteiger partial charge >= 0.3 is 0 Å². The van der Waals surface area contributed by atoms with E-state index in [1.54, 1.807) is 6.20 Å². The van der Waals surface area contributed by atoms with Crippen molar-refractivity contribution in [1.82, 2.24) is 19.9 Å². The Kier molecular flexibility index (Phi) is 5.15. The molecule has 160 valence electrons. The van der Waals surface area contributed by atoms with Crippen molar-refractivity contribution in [2.45, 2.75) is 20.3 Å². The molecule has 5 rings (SSSR count). The van der Waals surface area contributed by atoms with Gasteiger partial charge in [0.25, 0.3) is 0 Å². The summed E-state index contributed by atoms with van der Waals surface area (Å²) in [5, 5.41) is 9.75. The summed E-state index contributed by atoms with van der Waals surface area (Å²) in [6, 6.07) is 15.2. The molecule has 0 amide bonds. The highest BCUT2D eigenvalue weighted by Gasteiger charge is 2.14. The Hall–Kier alpha value is -4.00. The monoisotopic (exact) mass is 426 g/mol. The van der Waals surface area contributed by atoms with Gasteiger partial charge in [0.1, 0.15) is 29.6 Å². The Morgan fingerprint density at radius 1 is 0.969 bits per heavy atom. The Morgan fingerprint density at radius 2 is 1.81 bits per heavy atom. The fourth-order valence-electron chi connectivity index (χ4n) is 4.13. The molecule has 0 fully saturated rings. The van der Waals surface area contributed by atoms with Crippen LogP contribution in [0, 0.1) is 19.7 Å². The second-order valence-corrected chi connectivity index (χ2v) is 7.81. The zero-order chi connectivity index (χ0) is 22.1. The summed E-state index contributed by atoms with van der Waals surface area (Å²) in [4.78, 5) is 16.3. The molecule has 3 heterocycles. The van der Waals surface area contributed by atoms with Crippen molar-refractivity contribution < 1.29 is 4.39 Å². The van der Waals surface area contributed by atoms with Gasteiger partial charge in [0.2, 0.25) is 0 Å². The lowest BCUT2D eigenvalue weighted by atomic mass is 10.0. The third-order valence-corrected chi connectivity index (χ3v) is 5.70. The molecule has 0 saturated heterocycles. The van der Waals surface area contributed by atoms with Crippen LogP contribution in [-0.4, -0.2) is 26.5 Å². The highest BCUT2D eigenvalue weighted by Crippen LogP contribution is 2.28. The maximum Gasteiger partial charge on any atom is 0.147 e. The number of aryl methyl sites for hydroxylation is 2. The van der Waals surface area contributed by atoms with Crippen LogP contribution < -0.4 is 10.6 Å². The number of H-pyrrole nitrogens is 1. The molecule has 32 heavy (non-hydrogen) atoms. The summed E-state index contributed by atoms with van der Waals surface area (Å²) < 4.78 is 14.2. The third kappa shape index (κ3) is 3.73. The van der Waals surface area contributed by atoms with Crippen LogP contribution in [0.4, 0.5) is 21.8 Å². The molecule has 5 aromatic rings.